The largest absolute Gasteiger partial charge is 0.432 e. The van der Waals surface area contributed by atoms with Crippen LogP contribution in [0.25, 0.3) is 0 Å². The molecule has 0 aliphatic carbocycles. The van der Waals surface area contributed by atoms with Gasteiger partial charge in [-0.3, -0.25) is 0 Å². The molecule has 1 rings (SSSR count). The molecule has 10 nitrogen and oxygen atoms in total. The normalized spacial score (nSPS) is 15.5. The zero-order valence-corrected chi connectivity index (χ0v) is 29.8. The predicted octanol–water partition coefficient (Wildman–Crippen LogP) is 8.90. The lowest BCUT2D eigenvalue weighted by atomic mass is 10.1. The molecule has 0 heterocycles. The maximum Gasteiger partial charge on any atom is 0.341 e. The summed E-state index contributed by atoms with van der Waals surface area (Å²) in [6, 6.07) is 6.37. The third-order valence-electron chi connectivity index (χ3n) is 7.05. The Balaban J connectivity index is 2.76. The maximum absolute atomic E-state index is 13.3. The number of esters is 2. The summed E-state index contributed by atoms with van der Waals surface area (Å²) in [5, 5.41) is 0. The van der Waals surface area contributed by atoms with Gasteiger partial charge >= 0.3 is 11.9 Å². The summed E-state index contributed by atoms with van der Waals surface area (Å²) in [6.07, 6.45) is 7.12. The predicted molar refractivity (Wildman–Crippen MR) is 177 cm³/mol. The molecule has 6 unspecified atom stereocenters. The summed E-state index contributed by atoms with van der Waals surface area (Å²) in [6.45, 7) is 16.6. The van der Waals surface area contributed by atoms with Crippen molar-refractivity contribution in [3.05, 3.63) is 35.4 Å². The van der Waals surface area contributed by atoms with Crippen molar-refractivity contribution in [3.63, 3.8) is 0 Å². The van der Waals surface area contributed by atoms with Gasteiger partial charge in [0.15, 0.2) is 25.2 Å². The van der Waals surface area contributed by atoms with Crippen LogP contribution in [0.3, 0.4) is 0 Å². The van der Waals surface area contributed by atoms with Gasteiger partial charge in [0.25, 0.3) is 0 Å². The van der Waals surface area contributed by atoms with E-state index in [9.17, 15) is 9.59 Å². The number of hydrogen-bond acceptors (Lipinski definition) is 10. The number of benzene rings is 1. The summed E-state index contributed by atoms with van der Waals surface area (Å²) in [5.74, 6) is -1.40. The first-order chi connectivity index (χ1) is 22.1. The van der Waals surface area contributed by atoms with Gasteiger partial charge < -0.3 is 37.9 Å². The summed E-state index contributed by atoms with van der Waals surface area (Å²) in [5.41, 5.74) is 0.137. The number of carbonyl (C=O) groups excluding carboxylic acids is 2. The van der Waals surface area contributed by atoms with Gasteiger partial charge in [0, 0.05) is 26.1 Å². The fourth-order valence-corrected chi connectivity index (χ4v) is 4.65. The van der Waals surface area contributed by atoms with Gasteiger partial charge in [0.1, 0.15) is 0 Å². The van der Waals surface area contributed by atoms with Gasteiger partial charge in [-0.05, 0) is 52.7 Å². The van der Waals surface area contributed by atoms with E-state index >= 15 is 0 Å². The highest BCUT2D eigenvalue weighted by atomic mass is 16.8. The molecule has 1 aromatic carbocycles. The first-order valence-corrected chi connectivity index (χ1v) is 17.5. The third kappa shape index (κ3) is 18.9. The SMILES string of the molecule is CCCCCCOC(C)OC(C)OC(CCC)OC(=O)c1ccccc1C(=O)OC(CCC)OC(C)OC(C)OCCCCCC. The number of hydrogen-bond donors (Lipinski definition) is 0. The summed E-state index contributed by atoms with van der Waals surface area (Å²) < 4.78 is 46.3. The molecule has 1 aromatic rings. The van der Waals surface area contributed by atoms with E-state index in [4.69, 9.17) is 37.9 Å². The van der Waals surface area contributed by atoms with E-state index in [1.807, 2.05) is 27.7 Å². The Bertz CT molecular complexity index is 853. The first-order valence-electron chi connectivity index (χ1n) is 17.5. The molecule has 0 spiro atoms. The Kier molecular flexibility index (Phi) is 23.7. The monoisotopic (exact) mass is 654 g/mol. The minimum absolute atomic E-state index is 0.0687. The number of ether oxygens (including phenoxy) is 8. The fraction of sp³-hybridized carbons (Fsp3) is 0.778. The Morgan fingerprint density at radius 3 is 1.26 bits per heavy atom. The second-order valence-corrected chi connectivity index (χ2v) is 11.5. The van der Waals surface area contributed by atoms with E-state index in [0.29, 0.717) is 38.9 Å². The van der Waals surface area contributed by atoms with Crippen LogP contribution in [0.2, 0.25) is 0 Å². The van der Waals surface area contributed by atoms with E-state index < -0.39 is 49.7 Å². The molecule has 266 valence electrons. The quantitative estimate of drug-likeness (QED) is 0.0494. The molecule has 0 fully saturated rings. The molecule has 6 atom stereocenters. The van der Waals surface area contributed by atoms with Crippen molar-refractivity contribution in [2.75, 3.05) is 13.2 Å². The molecule has 0 saturated carbocycles. The molecule has 0 bridgehead atoms. The maximum atomic E-state index is 13.3. The second kappa shape index (κ2) is 25.9. The lowest BCUT2D eigenvalue weighted by Gasteiger charge is -2.26. The standard InChI is InChI=1S/C36H62O10/c1-9-13-15-19-25-39-27(5)41-29(7)43-33(21-11-3)45-35(37)31-23-17-18-24-32(31)36(38)46-34(22-12-4)44-30(8)42-28(6)40-26-20-16-14-10-2/h17-18,23-24,27-30,33-34H,9-16,19-22,25-26H2,1-8H3. The van der Waals surface area contributed by atoms with Crippen molar-refractivity contribution in [3.8, 4) is 0 Å². The van der Waals surface area contributed by atoms with E-state index in [1.165, 1.54) is 25.0 Å². The molecular weight excluding hydrogens is 592 g/mol. The average Bonchev–Trinajstić information content (AvgIpc) is 3.00. The molecule has 10 heteroatoms. The van der Waals surface area contributed by atoms with Crippen LogP contribution in [0.4, 0.5) is 0 Å². The summed E-state index contributed by atoms with van der Waals surface area (Å²) >= 11 is 0. The molecule has 0 aromatic heterocycles. The van der Waals surface area contributed by atoms with Crippen molar-refractivity contribution in [2.45, 2.75) is 170 Å². The zero-order valence-electron chi connectivity index (χ0n) is 29.8. The number of carbonyl (C=O) groups is 2. The van der Waals surface area contributed by atoms with Gasteiger partial charge in [-0.2, -0.15) is 0 Å². The topological polar surface area (TPSA) is 108 Å². The zero-order chi connectivity index (χ0) is 34.2. The number of unbranched alkanes of at least 4 members (excludes halogenated alkanes) is 6. The first kappa shape index (κ1) is 41.9. The summed E-state index contributed by atoms with van der Waals surface area (Å²) in [4.78, 5) is 26.6. The van der Waals surface area contributed by atoms with Crippen LogP contribution in [0.15, 0.2) is 24.3 Å². The molecule has 0 aliphatic heterocycles. The van der Waals surface area contributed by atoms with E-state index in [2.05, 4.69) is 13.8 Å². The van der Waals surface area contributed by atoms with Crippen LogP contribution in [-0.4, -0.2) is 62.9 Å². The van der Waals surface area contributed by atoms with Crippen molar-refractivity contribution >= 4 is 11.9 Å². The molecular formula is C36H62O10. The highest BCUT2D eigenvalue weighted by Crippen LogP contribution is 2.19. The molecule has 0 saturated heterocycles. The lowest BCUT2D eigenvalue weighted by molar-refractivity contribution is -0.275. The van der Waals surface area contributed by atoms with E-state index in [1.54, 1.807) is 26.0 Å². The Hall–Kier alpha value is -2.08. The van der Waals surface area contributed by atoms with Crippen molar-refractivity contribution < 1.29 is 47.5 Å². The van der Waals surface area contributed by atoms with Crippen molar-refractivity contribution in [1.29, 1.82) is 0 Å². The van der Waals surface area contributed by atoms with Gasteiger partial charge in [-0.1, -0.05) is 91.2 Å². The van der Waals surface area contributed by atoms with Gasteiger partial charge in [-0.15, -0.1) is 0 Å². The minimum Gasteiger partial charge on any atom is -0.432 e. The molecule has 0 radical (unpaired) electrons. The van der Waals surface area contributed by atoms with Crippen LogP contribution in [0, 0.1) is 0 Å². The van der Waals surface area contributed by atoms with Crippen LogP contribution >= 0.6 is 0 Å². The smallest absolute Gasteiger partial charge is 0.341 e. The Morgan fingerprint density at radius 1 is 0.522 bits per heavy atom. The highest BCUT2D eigenvalue weighted by molar-refractivity contribution is 6.03. The molecule has 46 heavy (non-hydrogen) atoms. The van der Waals surface area contributed by atoms with E-state index in [-0.39, 0.29) is 11.1 Å². The van der Waals surface area contributed by atoms with Crippen LogP contribution < -0.4 is 0 Å². The lowest BCUT2D eigenvalue weighted by Crippen LogP contribution is -2.31. The average molecular weight is 655 g/mol. The highest BCUT2D eigenvalue weighted by Gasteiger charge is 2.26. The third-order valence-corrected chi connectivity index (χ3v) is 7.05. The Morgan fingerprint density at radius 2 is 0.913 bits per heavy atom. The van der Waals surface area contributed by atoms with Gasteiger partial charge in [0.2, 0.25) is 12.6 Å². The summed E-state index contributed by atoms with van der Waals surface area (Å²) in [7, 11) is 0. The van der Waals surface area contributed by atoms with Crippen LogP contribution in [0.1, 0.15) is 153 Å². The van der Waals surface area contributed by atoms with Crippen LogP contribution in [-0.2, 0) is 37.9 Å². The molecule has 0 N–H and O–H groups in total. The van der Waals surface area contributed by atoms with Crippen LogP contribution in [0.5, 0.6) is 0 Å². The molecule has 0 aliphatic rings. The minimum atomic E-state index is -0.877. The fourth-order valence-electron chi connectivity index (χ4n) is 4.65. The van der Waals surface area contributed by atoms with E-state index in [0.717, 1.165) is 38.5 Å². The number of rotatable bonds is 28. The van der Waals surface area contributed by atoms with Gasteiger partial charge in [0.05, 0.1) is 11.1 Å². The van der Waals surface area contributed by atoms with Gasteiger partial charge in [-0.25, -0.2) is 9.59 Å². The molecule has 0 amide bonds. The second-order valence-electron chi connectivity index (χ2n) is 11.5. The Labute approximate surface area is 278 Å². The van der Waals surface area contributed by atoms with Crippen molar-refractivity contribution in [2.24, 2.45) is 0 Å². The van der Waals surface area contributed by atoms with Crippen molar-refractivity contribution in [1.82, 2.24) is 0 Å².